The molecule has 3 rings (SSSR count). The van der Waals surface area contributed by atoms with E-state index < -0.39 is 0 Å². The highest BCUT2D eigenvalue weighted by Gasteiger charge is 2.22. The van der Waals surface area contributed by atoms with Gasteiger partial charge in [-0.1, -0.05) is 12.8 Å². The van der Waals surface area contributed by atoms with Crippen LogP contribution in [0.4, 0.5) is 0 Å². The molecular weight excluding hydrogens is 262 g/mol. The van der Waals surface area contributed by atoms with E-state index in [1.54, 1.807) is 0 Å². The van der Waals surface area contributed by atoms with Crippen LogP contribution in [0, 0.1) is 5.92 Å². The smallest absolute Gasteiger partial charge is 0.223 e. The van der Waals surface area contributed by atoms with E-state index in [-0.39, 0.29) is 11.8 Å². The number of pyridine rings is 1. The monoisotopic (exact) mass is 285 g/mol. The molecule has 2 aromatic heterocycles. The zero-order valence-electron chi connectivity index (χ0n) is 12.6. The molecule has 1 fully saturated rings. The topological polar surface area (TPSA) is 46.9 Å². The zero-order valence-corrected chi connectivity index (χ0v) is 12.6. The molecule has 0 aliphatic heterocycles. The molecule has 2 heterocycles. The normalized spacial score (nSPS) is 15.7. The van der Waals surface area contributed by atoms with Gasteiger partial charge in [0.05, 0.1) is 0 Å². The van der Waals surface area contributed by atoms with Gasteiger partial charge in [0, 0.05) is 36.8 Å². The second kappa shape index (κ2) is 6.29. The standard InChI is InChI=1S/C17H23N3O/c1-2-20-12-14(15-8-5-10-18-16(15)20)9-11-19-17(21)13-6-3-4-7-13/h5,8,10,12-13H,2-4,6-7,9,11H2,1H3,(H,19,21). The summed E-state index contributed by atoms with van der Waals surface area (Å²) < 4.78 is 2.17. The largest absolute Gasteiger partial charge is 0.356 e. The maximum absolute atomic E-state index is 12.0. The Morgan fingerprint density at radius 2 is 2.24 bits per heavy atom. The number of nitrogens with one attached hydrogen (secondary N) is 1. The number of fused-ring (bicyclic) bond motifs is 1. The van der Waals surface area contributed by atoms with Crippen LogP contribution < -0.4 is 5.32 Å². The van der Waals surface area contributed by atoms with Gasteiger partial charge in [-0.05, 0) is 43.9 Å². The number of rotatable bonds is 5. The highest BCUT2D eigenvalue weighted by Crippen LogP contribution is 2.24. The van der Waals surface area contributed by atoms with Crippen LogP contribution in [0.15, 0.2) is 24.5 Å². The van der Waals surface area contributed by atoms with E-state index in [1.165, 1.54) is 23.8 Å². The summed E-state index contributed by atoms with van der Waals surface area (Å²) in [6, 6.07) is 4.09. The molecule has 1 aliphatic carbocycles. The molecule has 0 radical (unpaired) electrons. The number of hydrogen-bond acceptors (Lipinski definition) is 2. The number of aromatic nitrogens is 2. The maximum Gasteiger partial charge on any atom is 0.223 e. The minimum Gasteiger partial charge on any atom is -0.356 e. The van der Waals surface area contributed by atoms with Gasteiger partial charge >= 0.3 is 0 Å². The predicted molar refractivity (Wildman–Crippen MR) is 84.1 cm³/mol. The van der Waals surface area contributed by atoms with Crippen LogP contribution in [0.25, 0.3) is 11.0 Å². The summed E-state index contributed by atoms with van der Waals surface area (Å²) in [6.45, 7) is 3.76. The summed E-state index contributed by atoms with van der Waals surface area (Å²) in [5.74, 6) is 0.494. The summed E-state index contributed by atoms with van der Waals surface area (Å²) in [6.07, 6.45) is 9.39. The lowest BCUT2D eigenvalue weighted by Gasteiger charge is -2.09. The van der Waals surface area contributed by atoms with Crippen LogP contribution >= 0.6 is 0 Å². The average Bonchev–Trinajstić information content (AvgIpc) is 3.15. The Hall–Kier alpha value is -1.84. The Bertz CT molecular complexity index is 626. The summed E-state index contributed by atoms with van der Waals surface area (Å²) in [5.41, 5.74) is 2.31. The van der Waals surface area contributed by atoms with Crippen molar-refractivity contribution in [3.63, 3.8) is 0 Å². The number of amides is 1. The molecule has 0 aromatic carbocycles. The van der Waals surface area contributed by atoms with Crippen LogP contribution in [0.5, 0.6) is 0 Å². The first-order valence-corrected chi connectivity index (χ1v) is 8.00. The van der Waals surface area contributed by atoms with Gasteiger partial charge in [0.1, 0.15) is 5.65 Å². The minimum absolute atomic E-state index is 0.241. The van der Waals surface area contributed by atoms with Crippen LogP contribution in [-0.4, -0.2) is 22.0 Å². The molecule has 4 heteroatoms. The van der Waals surface area contributed by atoms with Crippen molar-refractivity contribution in [2.75, 3.05) is 6.54 Å². The van der Waals surface area contributed by atoms with E-state index in [1.807, 2.05) is 12.3 Å². The molecular formula is C17H23N3O. The lowest BCUT2D eigenvalue weighted by molar-refractivity contribution is -0.124. The maximum atomic E-state index is 12.0. The quantitative estimate of drug-likeness (QED) is 0.918. The fourth-order valence-electron chi connectivity index (χ4n) is 3.29. The Morgan fingerprint density at radius 1 is 1.43 bits per heavy atom. The van der Waals surface area contributed by atoms with Gasteiger partial charge in [0.25, 0.3) is 0 Å². The van der Waals surface area contributed by atoms with Crippen molar-refractivity contribution in [2.45, 2.75) is 45.6 Å². The van der Waals surface area contributed by atoms with Crippen LogP contribution in [0.2, 0.25) is 0 Å². The van der Waals surface area contributed by atoms with Crippen molar-refractivity contribution in [1.29, 1.82) is 0 Å². The number of aryl methyl sites for hydroxylation is 1. The van der Waals surface area contributed by atoms with Crippen molar-refractivity contribution in [3.8, 4) is 0 Å². The predicted octanol–water partition coefficient (Wildman–Crippen LogP) is 2.91. The van der Waals surface area contributed by atoms with Gasteiger partial charge in [0.15, 0.2) is 0 Å². The first-order chi connectivity index (χ1) is 10.3. The third-order valence-corrected chi connectivity index (χ3v) is 4.48. The van der Waals surface area contributed by atoms with E-state index in [0.717, 1.165) is 31.5 Å². The molecule has 2 aromatic rings. The molecule has 1 aliphatic rings. The van der Waals surface area contributed by atoms with Crippen LogP contribution in [-0.2, 0) is 17.8 Å². The third-order valence-electron chi connectivity index (χ3n) is 4.48. The summed E-state index contributed by atoms with van der Waals surface area (Å²) >= 11 is 0. The fraction of sp³-hybridized carbons (Fsp3) is 0.529. The summed E-state index contributed by atoms with van der Waals surface area (Å²) in [5, 5.41) is 4.30. The van der Waals surface area contributed by atoms with Gasteiger partial charge in [-0.25, -0.2) is 4.98 Å². The van der Waals surface area contributed by atoms with Crippen molar-refractivity contribution >= 4 is 16.9 Å². The Morgan fingerprint density at radius 3 is 3.00 bits per heavy atom. The number of nitrogens with zero attached hydrogens (tertiary/aromatic N) is 2. The fourth-order valence-corrected chi connectivity index (χ4v) is 3.29. The Kier molecular flexibility index (Phi) is 4.23. The molecule has 0 bridgehead atoms. The number of carbonyl (C=O) groups is 1. The molecule has 0 saturated heterocycles. The highest BCUT2D eigenvalue weighted by atomic mass is 16.1. The first-order valence-electron chi connectivity index (χ1n) is 8.00. The molecule has 1 saturated carbocycles. The minimum atomic E-state index is 0.241. The van der Waals surface area contributed by atoms with E-state index >= 15 is 0 Å². The molecule has 1 N–H and O–H groups in total. The number of carbonyl (C=O) groups excluding carboxylic acids is 1. The molecule has 112 valence electrons. The lowest BCUT2D eigenvalue weighted by Crippen LogP contribution is -2.30. The highest BCUT2D eigenvalue weighted by molar-refractivity contribution is 5.81. The summed E-state index contributed by atoms with van der Waals surface area (Å²) in [7, 11) is 0. The van der Waals surface area contributed by atoms with Crippen LogP contribution in [0.3, 0.4) is 0 Å². The molecule has 0 unspecified atom stereocenters. The molecule has 1 amide bonds. The van der Waals surface area contributed by atoms with Gasteiger partial charge in [-0.3, -0.25) is 4.79 Å². The van der Waals surface area contributed by atoms with Gasteiger partial charge in [-0.15, -0.1) is 0 Å². The SMILES string of the molecule is CCn1cc(CCNC(=O)C2CCCC2)c2cccnc21. The van der Waals surface area contributed by atoms with E-state index in [0.29, 0.717) is 6.54 Å². The summed E-state index contributed by atoms with van der Waals surface area (Å²) in [4.78, 5) is 16.5. The second-order valence-electron chi connectivity index (χ2n) is 5.84. The second-order valence-corrected chi connectivity index (χ2v) is 5.84. The number of hydrogen-bond donors (Lipinski definition) is 1. The van der Waals surface area contributed by atoms with Crippen molar-refractivity contribution in [1.82, 2.24) is 14.9 Å². The molecule has 21 heavy (non-hydrogen) atoms. The average molecular weight is 285 g/mol. The van der Waals surface area contributed by atoms with Crippen molar-refractivity contribution in [2.24, 2.45) is 5.92 Å². The molecule has 0 spiro atoms. The Labute approximate surface area is 125 Å². The molecule has 0 atom stereocenters. The van der Waals surface area contributed by atoms with E-state index in [9.17, 15) is 4.79 Å². The van der Waals surface area contributed by atoms with Gasteiger partial charge in [-0.2, -0.15) is 0 Å². The van der Waals surface area contributed by atoms with E-state index in [4.69, 9.17) is 0 Å². The lowest BCUT2D eigenvalue weighted by atomic mass is 10.1. The van der Waals surface area contributed by atoms with E-state index in [2.05, 4.69) is 34.1 Å². The third kappa shape index (κ3) is 2.94. The van der Waals surface area contributed by atoms with Crippen molar-refractivity contribution < 1.29 is 4.79 Å². The Balaban J connectivity index is 1.64. The van der Waals surface area contributed by atoms with Gasteiger partial charge < -0.3 is 9.88 Å². The van der Waals surface area contributed by atoms with Gasteiger partial charge in [0.2, 0.25) is 5.91 Å². The molecule has 4 nitrogen and oxygen atoms in total. The van der Waals surface area contributed by atoms with Crippen LogP contribution in [0.1, 0.15) is 38.2 Å². The zero-order chi connectivity index (χ0) is 14.7. The first kappa shape index (κ1) is 14.1. The van der Waals surface area contributed by atoms with Crippen molar-refractivity contribution in [3.05, 3.63) is 30.1 Å².